The highest BCUT2D eigenvalue weighted by Gasteiger charge is 2.22. The quantitative estimate of drug-likeness (QED) is 0.661. The number of ether oxygens (including phenoxy) is 1. The highest BCUT2D eigenvalue weighted by molar-refractivity contribution is 5.87. The summed E-state index contributed by atoms with van der Waals surface area (Å²) < 4.78 is 19.7. The molecule has 29 heavy (non-hydrogen) atoms. The molecule has 1 N–H and O–H groups in total. The Morgan fingerprint density at radius 1 is 1.10 bits per heavy atom. The van der Waals surface area contributed by atoms with Gasteiger partial charge >= 0.3 is 0 Å². The maximum Gasteiger partial charge on any atom is 0.238 e. The normalized spacial score (nSPS) is 14.7. The van der Waals surface area contributed by atoms with E-state index in [-0.39, 0.29) is 5.82 Å². The molecule has 0 saturated heterocycles. The highest BCUT2D eigenvalue weighted by Crippen LogP contribution is 2.40. The van der Waals surface area contributed by atoms with E-state index in [1.807, 2.05) is 13.1 Å². The van der Waals surface area contributed by atoms with Crippen molar-refractivity contribution in [2.45, 2.75) is 6.92 Å². The molecule has 0 spiro atoms. The number of hydrogen-bond acceptors (Lipinski definition) is 4. The van der Waals surface area contributed by atoms with Crippen molar-refractivity contribution >= 4 is 17.5 Å². The van der Waals surface area contributed by atoms with Crippen LogP contribution in [0.2, 0.25) is 0 Å². The lowest BCUT2D eigenvalue weighted by atomic mass is 9.95. The minimum atomic E-state index is -0.214. The minimum Gasteiger partial charge on any atom is -0.474 e. The number of anilines is 2. The molecular formula is C24H22FN3O. The lowest BCUT2D eigenvalue weighted by molar-refractivity contribution is 0.299. The molecule has 2 aromatic carbocycles. The van der Waals surface area contributed by atoms with Gasteiger partial charge in [0.2, 0.25) is 5.88 Å². The molecule has 5 heteroatoms. The maximum absolute atomic E-state index is 13.9. The molecule has 0 fully saturated rings. The molecule has 2 aliphatic heterocycles. The molecule has 0 saturated carbocycles. The molecule has 2 aliphatic rings. The second kappa shape index (κ2) is 6.92. The van der Waals surface area contributed by atoms with Gasteiger partial charge in [-0.15, -0.1) is 0 Å². The summed E-state index contributed by atoms with van der Waals surface area (Å²) in [5, 5.41) is 3.39. The second-order valence-corrected chi connectivity index (χ2v) is 7.53. The number of halogens is 1. The Kier molecular flexibility index (Phi) is 4.23. The molecule has 0 atom stereocenters. The van der Waals surface area contributed by atoms with Crippen molar-refractivity contribution in [1.29, 1.82) is 0 Å². The molecule has 0 unspecified atom stereocenters. The van der Waals surface area contributed by atoms with Crippen LogP contribution in [0.15, 0.2) is 48.5 Å². The van der Waals surface area contributed by atoms with Gasteiger partial charge in [0.25, 0.3) is 0 Å². The summed E-state index contributed by atoms with van der Waals surface area (Å²) in [6.07, 6.45) is 4.25. The van der Waals surface area contributed by atoms with E-state index in [0.29, 0.717) is 18.1 Å². The molecular weight excluding hydrogens is 365 g/mol. The van der Waals surface area contributed by atoms with Crippen molar-refractivity contribution in [1.82, 2.24) is 4.98 Å². The Labute approximate surface area is 169 Å². The van der Waals surface area contributed by atoms with Crippen LogP contribution in [-0.4, -0.2) is 31.7 Å². The van der Waals surface area contributed by atoms with Crippen LogP contribution in [-0.2, 0) is 0 Å². The van der Waals surface area contributed by atoms with Gasteiger partial charge in [-0.3, -0.25) is 0 Å². The first-order valence-corrected chi connectivity index (χ1v) is 9.80. The molecule has 3 aromatic rings. The van der Waals surface area contributed by atoms with E-state index in [4.69, 9.17) is 9.72 Å². The molecule has 0 radical (unpaired) electrons. The van der Waals surface area contributed by atoms with Crippen molar-refractivity contribution in [3.8, 4) is 28.3 Å². The summed E-state index contributed by atoms with van der Waals surface area (Å²) in [4.78, 5) is 7.03. The lowest BCUT2D eigenvalue weighted by Gasteiger charge is -2.28. The number of hydrogen-bond donors (Lipinski definition) is 1. The predicted octanol–water partition coefficient (Wildman–Crippen LogP) is 5.13. The van der Waals surface area contributed by atoms with E-state index in [2.05, 4.69) is 46.6 Å². The zero-order valence-electron chi connectivity index (χ0n) is 16.5. The average Bonchev–Trinajstić information content (AvgIpc) is 2.75. The third-order valence-corrected chi connectivity index (χ3v) is 5.55. The molecule has 3 heterocycles. The summed E-state index contributed by atoms with van der Waals surface area (Å²) in [5.41, 5.74) is 7.61. The second-order valence-electron chi connectivity index (χ2n) is 7.53. The van der Waals surface area contributed by atoms with Crippen LogP contribution in [0, 0.1) is 12.7 Å². The lowest BCUT2D eigenvalue weighted by Crippen LogP contribution is -2.29. The standard InChI is InChI=1S/C24H22FN3O/c1-15-12-18(5-7-20(15)25)23-19(14-22-24(27-23)29-11-10-28(22)2)16-6-8-21-17(13-16)4-3-9-26-21/h3-8,12-14,26H,9-11H2,1-2H3. The van der Waals surface area contributed by atoms with Crippen LogP contribution in [0.25, 0.3) is 28.5 Å². The van der Waals surface area contributed by atoms with Crippen LogP contribution in [0.5, 0.6) is 5.88 Å². The van der Waals surface area contributed by atoms with Crippen molar-refractivity contribution in [2.24, 2.45) is 0 Å². The van der Waals surface area contributed by atoms with Crippen LogP contribution in [0.4, 0.5) is 15.8 Å². The average molecular weight is 387 g/mol. The summed E-state index contributed by atoms with van der Waals surface area (Å²) in [6.45, 7) is 4.04. The molecule has 1 aromatic heterocycles. The van der Waals surface area contributed by atoms with E-state index in [0.717, 1.165) is 52.4 Å². The summed E-state index contributed by atoms with van der Waals surface area (Å²) in [6, 6.07) is 13.7. The molecule has 0 amide bonds. The van der Waals surface area contributed by atoms with Crippen molar-refractivity contribution < 1.29 is 9.13 Å². The third kappa shape index (κ3) is 3.12. The largest absolute Gasteiger partial charge is 0.474 e. The van der Waals surface area contributed by atoms with Crippen molar-refractivity contribution in [3.05, 3.63) is 65.5 Å². The van der Waals surface area contributed by atoms with Crippen LogP contribution >= 0.6 is 0 Å². The predicted molar refractivity (Wildman–Crippen MR) is 116 cm³/mol. The van der Waals surface area contributed by atoms with Gasteiger partial charge < -0.3 is 15.0 Å². The molecule has 146 valence electrons. The number of pyridine rings is 1. The SMILES string of the molecule is Cc1cc(-c2nc3c(cc2-c2ccc4c(c2)C=CCN4)N(C)CCO3)ccc1F. The number of likely N-dealkylation sites (N-methyl/N-ethyl adjacent to an activating group) is 1. The molecule has 0 bridgehead atoms. The Bertz CT molecular complexity index is 1140. The van der Waals surface area contributed by atoms with Gasteiger partial charge in [0.15, 0.2) is 0 Å². The number of nitrogens with zero attached hydrogens (tertiary/aromatic N) is 2. The van der Waals surface area contributed by atoms with Crippen LogP contribution < -0.4 is 15.0 Å². The number of fused-ring (bicyclic) bond motifs is 2. The Morgan fingerprint density at radius 3 is 2.83 bits per heavy atom. The molecule has 4 nitrogen and oxygen atoms in total. The van der Waals surface area contributed by atoms with Crippen LogP contribution in [0.1, 0.15) is 11.1 Å². The van der Waals surface area contributed by atoms with Gasteiger partial charge in [-0.2, -0.15) is 0 Å². The minimum absolute atomic E-state index is 0.214. The number of aromatic nitrogens is 1. The number of benzene rings is 2. The van der Waals surface area contributed by atoms with Gasteiger partial charge in [-0.05, 0) is 60.0 Å². The third-order valence-electron chi connectivity index (χ3n) is 5.55. The Hall–Kier alpha value is -3.34. The van der Waals surface area contributed by atoms with E-state index in [1.165, 1.54) is 6.07 Å². The zero-order valence-corrected chi connectivity index (χ0v) is 16.5. The Morgan fingerprint density at radius 2 is 1.97 bits per heavy atom. The van der Waals surface area contributed by atoms with Gasteiger partial charge in [0, 0.05) is 30.4 Å². The van der Waals surface area contributed by atoms with Gasteiger partial charge in [0.1, 0.15) is 18.1 Å². The Balaban J connectivity index is 1.73. The summed E-state index contributed by atoms with van der Waals surface area (Å²) >= 11 is 0. The first-order valence-electron chi connectivity index (χ1n) is 9.80. The first-order chi connectivity index (χ1) is 14.1. The number of rotatable bonds is 2. The van der Waals surface area contributed by atoms with E-state index >= 15 is 0 Å². The summed E-state index contributed by atoms with van der Waals surface area (Å²) in [7, 11) is 2.05. The van der Waals surface area contributed by atoms with E-state index < -0.39 is 0 Å². The number of aryl methyl sites for hydroxylation is 1. The van der Waals surface area contributed by atoms with Gasteiger partial charge in [0.05, 0.1) is 12.2 Å². The fourth-order valence-corrected chi connectivity index (χ4v) is 3.88. The smallest absolute Gasteiger partial charge is 0.238 e. The molecule has 0 aliphatic carbocycles. The van der Waals surface area contributed by atoms with Gasteiger partial charge in [-0.1, -0.05) is 18.2 Å². The fourth-order valence-electron chi connectivity index (χ4n) is 3.88. The fraction of sp³-hybridized carbons (Fsp3) is 0.208. The zero-order chi connectivity index (χ0) is 20.0. The molecule has 5 rings (SSSR count). The van der Waals surface area contributed by atoms with Crippen molar-refractivity contribution in [3.63, 3.8) is 0 Å². The maximum atomic E-state index is 13.9. The highest BCUT2D eigenvalue weighted by atomic mass is 19.1. The first kappa shape index (κ1) is 17.7. The topological polar surface area (TPSA) is 37.4 Å². The van der Waals surface area contributed by atoms with Gasteiger partial charge in [-0.25, -0.2) is 9.37 Å². The van der Waals surface area contributed by atoms with E-state index in [9.17, 15) is 4.39 Å². The monoisotopic (exact) mass is 387 g/mol. The van der Waals surface area contributed by atoms with Crippen molar-refractivity contribution in [2.75, 3.05) is 37.0 Å². The van der Waals surface area contributed by atoms with Crippen LogP contribution in [0.3, 0.4) is 0 Å². The summed E-state index contributed by atoms with van der Waals surface area (Å²) in [5.74, 6) is 0.410. The van der Waals surface area contributed by atoms with E-state index in [1.54, 1.807) is 13.0 Å². The number of nitrogens with one attached hydrogen (secondary N) is 1.